The van der Waals surface area contributed by atoms with Crippen molar-refractivity contribution >= 4 is 34.2 Å². The van der Waals surface area contributed by atoms with Gasteiger partial charge in [0.25, 0.3) is 5.91 Å². The lowest BCUT2D eigenvalue weighted by molar-refractivity contribution is -0.139. The Morgan fingerprint density at radius 2 is 1.96 bits per heavy atom. The molecular weight excluding hydrogens is 310 g/mol. The van der Waals surface area contributed by atoms with E-state index < -0.39 is 12.6 Å². The summed E-state index contributed by atoms with van der Waals surface area (Å²) in [5, 5.41) is 12.1. The number of aromatic nitrogens is 1. The van der Waals surface area contributed by atoms with Gasteiger partial charge in [0, 0.05) is 10.9 Å². The molecule has 0 saturated carbocycles. The second kappa shape index (κ2) is 6.33. The zero-order valence-electron chi connectivity index (χ0n) is 12.6. The highest BCUT2D eigenvalue weighted by molar-refractivity contribution is 6.07. The highest BCUT2D eigenvalue weighted by Gasteiger charge is 2.12. The van der Waals surface area contributed by atoms with Crippen molar-refractivity contribution in [3.8, 4) is 5.75 Å². The number of rotatable bonds is 5. The number of ether oxygens (including phenoxy) is 1. The molecule has 5 N–H and O–H groups in total. The van der Waals surface area contributed by atoms with Crippen molar-refractivity contribution in [1.82, 2.24) is 4.98 Å². The zero-order chi connectivity index (χ0) is 17.1. The van der Waals surface area contributed by atoms with Crippen LogP contribution in [0.5, 0.6) is 5.75 Å². The topological polar surface area (TPSA) is 117 Å². The number of carbonyl (C=O) groups excluding carboxylic acids is 1. The number of benzene rings is 2. The number of carboxylic acid groups (broad SMARTS) is 1. The van der Waals surface area contributed by atoms with Gasteiger partial charge in [-0.15, -0.1) is 0 Å². The van der Waals surface area contributed by atoms with Crippen molar-refractivity contribution in [3.63, 3.8) is 0 Å². The van der Waals surface area contributed by atoms with Gasteiger partial charge in [-0.2, -0.15) is 0 Å². The van der Waals surface area contributed by atoms with Crippen LogP contribution in [0.3, 0.4) is 0 Å². The predicted molar refractivity (Wildman–Crippen MR) is 90.2 cm³/mol. The largest absolute Gasteiger partial charge is 0.482 e. The molecule has 24 heavy (non-hydrogen) atoms. The maximum atomic E-state index is 12.3. The fraction of sp³-hybridized carbons (Fsp3) is 0.0588. The van der Waals surface area contributed by atoms with Crippen LogP contribution in [0.2, 0.25) is 0 Å². The molecule has 7 nitrogen and oxygen atoms in total. The van der Waals surface area contributed by atoms with Gasteiger partial charge in [-0.1, -0.05) is 12.1 Å². The number of aromatic amines is 1. The van der Waals surface area contributed by atoms with E-state index in [0.717, 1.165) is 10.9 Å². The number of amides is 1. The fourth-order valence-corrected chi connectivity index (χ4v) is 2.27. The summed E-state index contributed by atoms with van der Waals surface area (Å²) in [7, 11) is 0. The van der Waals surface area contributed by atoms with Gasteiger partial charge in [0.05, 0.1) is 11.4 Å². The Bertz CT molecular complexity index is 917. The number of nitrogen functional groups attached to an aromatic ring is 1. The number of fused-ring (bicyclic) bond motifs is 1. The molecule has 0 atom stereocenters. The van der Waals surface area contributed by atoms with E-state index in [2.05, 4.69) is 10.3 Å². The number of nitrogens with one attached hydrogen (secondary N) is 2. The van der Waals surface area contributed by atoms with Gasteiger partial charge in [-0.05, 0) is 36.4 Å². The van der Waals surface area contributed by atoms with Gasteiger partial charge < -0.3 is 25.9 Å². The Labute approximate surface area is 137 Å². The van der Waals surface area contributed by atoms with Crippen molar-refractivity contribution in [3.05, 3.63) is 54.2 Å². The average Bonchev–Trinajstić information content (AvgIpc) is 2.98. The first-order valence-electron chi connectivity index (χ1n) is 7.16. The summed E-state index contributed by atoms with van der Waals surface area (Å²) in [4.78, 5) is 25.9. The van der Waals surface area contributed by atoms with Gasteiger partial charge in [0.2, 0.25) is 0 Å². The highest BCUT2D eigenvalue weighted by Crippen LogP contribution is 2.23. The first-order chi connectivity index (χ1) is 11.5. The minimum atomic E-state index is -1.05. The maximum Gasteiger partial charge on any atom is 0.341 e. The van der Waals surface area contributed by atoms with Crippen LogP contribution in [-0.2, 0) is 4.79 Å². The minimum Gasteiger partial charge on any atom is -0.482 e. The minimum absolute atomic E-state index is 0.322. The maximum absolute atomic E-state index is 12.3. The molecule has 0 spiro atoms. The van der Waals surface area contributed by atoms with E-state index in [1.54, 1.807) is 48.5 Å². The van der Waals surface area contributed by atoms with Crippen molar-refractivity contribution < 1.29 is 19.4 Å². The van der Waals surface area contributed by atoms with E-state index in [1.807, 2.05) is 0 Å². The number of H-pyrrole nitrogens is 1. The van der Waals surface area contributed by atoms with Gasteiger partial charge in [0.1, 0.15) is 11.4 Å². The third-order valence-corrected chi connectivity index (χ3v) is 3.41. The summed E-state index contributed by atoms with van der Waals surface area (Å²) < 4.78 is 5.13. The number of carbonyl (C=O) groups is 2. The Morgan fingerprint density at radius 1 is 1.17 bits per heavy atom. The van der Waals surface area contributed by atoms with E-state index >= 15 is 0 Å². The number of anilines is 2. The normalized spacial score (nSPS) is 10.5. The second-order valence-corrected chi connectivity index (χ2v) is 5.16. The van der Waals surface area contributed by atoms with E-state index in [9.17, 15) is 9.59 Å². The molecule has 0 radical (unpaired) electrons. The van der Waals surface area contributed by atoms with E-state index in [4.69, 9.17) is 15.6 Å². The molecule has 3 rings (SSSR count). The van der Waals surface area contributed by atoms with Crippen LogP contribution in [0.15, 0.2) is 48.5 Å². The summed E-state index contributed by atoms with van der Waals surface area (Å²) in [6, 6.07) is 13.7. The Hall–Kier alpha value is -3.48. The first kappa shape index (κ1) is 15.4. The lowest BCUT2D eigenvalue weighted by Crippen LogP contribution is -2.13. The van der Waals surface area contributed by atoms with Crippen LogP contribution < -0.4 is 15.8 Å². The van der Waals surface area contributed by atoms with Crippen LogP contribution >= 0.6 is 0 Å². The molecule has 1 amide bonds. The van der Waals surface area contributed by atoms with Crippen LogP contribution in [0.25, 0.3) is 10.9 Å². The molecule has 0 aliphatic heterocycles. The smallest absolute Gasteiger partial charge is 0.341 e. The van der Waals surface area contributed by atoms with Crippen molar-refractivity contribution in [2.45, 2.75) is 0 Å². The number of hydrogen-bond acceptors (Lipinski definition) is 4. The lowest BCUT2D eigenvalue weighted by atomic mass is 10.2. The Balaban J connectivity index is 1.81. The molecule has 0 saturated heterocycles. The molecule has 1 heterocycles. The molecule has 122 valence electrons. The van der Waals surface area contributed by atoms with Gasteiger partial charge in [-0.25, -0.2) is 4.79 Å². The lowest BCUT2D eigenvalue weighted by Gasteiger charge is -2.06. The van der Waals surface area contributed by atoms with Crippen LogP contribution in [0.1, 0.15) is 10.5 Å². The van der Waals surface area contributed by atoms with Crippen molar-refractivity contribution in [2.75, 3.05) is 17.7 Å². The molecule has 0 bridgehead atoms. The standard InChI is InChI=1S/C17H15N3O4/c18-12-3-1-2-4-14(12)20-17(23)15-8-10-7-11(24-9-16(21)22)5-6-13(10)19-15/h1-8,19H,9,18H2,(H,20,23)(H,21,22). The van der Waals surface area contributed by atoms with Gasteiger partial charge >= 0.3 is 5.97 Å². The molecule has 0 aliphatic carbocycles. The van der Waals surface area contributed by atoms with Crippen molar-refractivity contribution in [1.29, 1.82) is 0 Å². The molecule has 0 unspecified atom stereocenters. The number of hydrogen-bond donors (Lipinski definition) is 4. The monoisotopic (exact) mass is 325 g/mol. The number of nitrogens with two attached hydrogens (primary N) is 1. The molecule has 1 aromatic heterocycles. The molecule has 0 aliphatic rings. The van der Waals surface area contributed by atoms with Crippen LogP contribution in [-0.4, -0.2) is 28.6 Å². The average molecular weight is 325 g/mol. The third-order valence-electron chi connectivity index (χ3n) is 3.41. The molecule has 3 aromatic rings. The molecule has 7 heteroatoms. The van der Waals surface area contributed by atoms with E-state index in [1.165, 1.54) is 0 Å². The molecule has 0 fully saturated rings. The summed E-state index contributed by atoms with van der Waals surface area (Å²) >= 11 is 0. The summed E-state index contributed by atoms with van der Waals surface area (Å²) in [5.74, 6) is -0.954. The van der Waals surface area contributed by atoms with Crippen molar-refractivity contribution in [2.24, 2.45) is 0 Å². The fourth-order valence-electron chi connectivity index (χ4n) is 2.27. The number of para-hydroxylation sites is 2. The SMILES string of the molecule is Nc1ccccc1NC(=O)c1cc2cc(OCC(=O)O)ccc2[nH]1. The van der Waals surface area contributed by atoms with Crippen LogP contribution in [0, 0.1) is 0 Å². The molecule has 2 aromatic carbocycles. The number of carboxylic acids is 1. The third kappa shape index (κ3) is 3.30. The van der Waals surface area contributed by atoms with Gasteiger partial charge in [-0.3, -0.25) is 4.79 Å². The number of aliphatic carboxylic acids is 1. The van der Waals surface area contributed by atoms with Gasteiger partial charge in [0.15, 0.2) is 6.61 Å². The Kier molecular flexibility index (Phi) is 4.07. The summed E-state index contributed by atoms with van der Waals surface area (Å²) in [6.07, 6.45) is 0. The molecular formula is C17H15N3O4. The first-order valence-corrected chi connectivity index (χ1v) is 7.16. The zero-order valence-corrected chi connectivity index (χ0v) is 12.6. The Morgan fingerprint density at radius 3 is 2.71 bits per heavy atom. The van der Waals surface area contributed by atoms with E-state index in [0.29, 0.717) is 22.8 Å². The predicted octanol–water partition coefficient (Wildman–Crippen LogP) is 2.47. The summed E-state index contributed by atoms with van der Waals surface area (Å²) in [6.45, 7) is -0.420. The quantitative estimate of drug-likeness (QED) is 0.538. The van der Waals surface area contributed by atoms with Crippen LogP contribution in [0.4, 0.5) is 11.4 Å². The van der Waals surface area contributed by atoms with E-state index in [-0.39, 0.29) is 5.91 Å². The second-order valence-electron chi connectivity index (χ2n) is 5.16. The summed E-state index contributed by atoms with van der Waals surface area (Å²) in [5.41, 5.74) is 7.93. The highest BCUT2D eigenvalue weighted by atomic mass is 16.5.